The molecule has 21 heavy (non-hydrogen) atoms. The van der Waals surface area contributed by atoms with E-state index < -0.39 is 0 Å². The van der Waals surface area contributed by atoms with Crippen LogP contribution in [0, 0.1) is 0 Å². The Bertz CT molecular complexity index is 443. The van der Waals surface area contributed by atoms with E-state index in [1.165, 1.54) is 37.0 Å². The van der Waals surface area contributed by atoms with E-state index in [9.17, 15) is 0 Å². The summed E-state index contributed by atoms with van der Waals surface area (Å²) < 4.78 is 0. The third kappa shape index (κ3) is 5.43. The molecule has 1 fully saturated rings. The molecule has 1 saturated carbocycles. The fourth-order valence-electron chi connectivity index (χ4n) is 2.95. The third-order valence-corrected chi connectivity index (χ3v) is 5.03. The van der Waals surface area contributed by atoms with Crippen LogP contribution in [0.15, 0.2) is 22.5 Å². The van der Waals surface area contributed by atoms with Crippen molar-refractivity contribution < 1.29 is 0 Å². The maximum atomic E-state index is 6.03. The van der Waals surface area contributed by atoms with E-state index in [-0.39, 0.29) is 34.9 Å². The van der Waals surface area contributed by atoms with Crippen molar-refractivity contribution in [1.82, 2.24) is 5.32 Å². The van der Waals surface area contributed by atoms with Crippen LogP contribution in [0.1, 0.15) is 57.8 Å². The van der Waals surface area contributed by atoms with Gasteiger partial charge in [0.05, 0.1) is 6.54 Å². The van der Waals surface area contributed by atoms with Gasteiger partial charge in [0.15, 0.2) is 5.96 Å². The fourth-order valence-corrected chi connectivity index (χ4v) is 3.93. The van der Waals surface area contributed by atoms with Crippen molar-refractivity contribution in [3.8, 4) is 0 Å². The highest BCUT2D eigenvalue weighted by Gasteiger charge is 2.34. The number of rotatable bonds is 3. The summed E-state index contributed by atoms with van der Waals surface area (Å²) in [6, 6.07) is 4.41. The van der Waals surface area contributed by atoms with Gasteiger partial charge in [-0.05, 0) is 45.1 Å². The van der Waals surface area contributed by atoms with Crippen molar-refractivity contribution >= 4 is 41.3 Å². The lowest BCUT2D eigenvalue weighted by molar-refractivity contribution is 0.306. The largest absolute Gasteiger partial charge is 0.370 e. The highest BCUT2D eigenvalue weighted by molar-refractivity contribution is 14.0. The Hall–Kier alpha value is -0.300. The molecule has 0 saturated heterocycles. The van der Waals surface area contributed by atoms with Gasteiger partial charge in [0.2, 0.25) is 0 Å². The first-order valence-electron chi connectivity index (χ1n) is 7.53. The minimum Gasteiger partial charge on any atom is -0.370 e. The zero-order valence-corrected chi connectivity index (χ0v) is 16.5. The van der Waals surface area contributed by atoms with E-state index in [4.69, 9.17) is 5.73 Å². The maximum absolute atomic E-state index is 6.03. The molecule has 1 aromatic rings. The molecule has 0 aromatic carbocycles. The molecule has 3 N–H and O–H groups in total. The van der Waals surface area contributed by atoms with Crippen LogP contribution in [0.3, 0.4) is 0 Å². The third-order valence-electron chi connectivity index (χ3n) is 3.91. The van der Waals surface area contributed by atoms with Crippen molar-refractivity contribution in [2.75, 3.05) is 6.54 Å². The summed E-state index contributed by atoms with van der Waals surface area (Å²) in [4.78, 5) is 6.13. The molecule has 0 bridgehead atoms. The van der Waals surface area contributed by atoms with Gasteiger partial charge in [0, 0.05) is 15.8 Å². The molecule has 3 nitrogen and oxygen atoms in total. The Morgan fingerprint density at radius 1 is 1.33 bits per heavy atom. The second kappa shape index (κ2) is 7.81. The van der Waals surface area contributed by atoms with E-state index >= 15 is 0 Å². The molecule has 1 aliphatic carbocycles. The van der Waals surface area contributed by atoms with E-state index in [0.29, 0.717) is 5.96 Å². The molecule has 120 valence electrons. The zero-order chi connectivity index (χ0) is 14.6. The molecule has 1 heterocycles. The van der Waals surface area contributed by atoms with Gasteiger partial charge in [-0.1, -0.05) is 25.3 Å². The summed E-state index contributed by atoms with van der Waals surface area (Å²) in [6.45, 7) is 7.11. The number of halogens is 1. The predicted octanol–water partition coefficient (Wildman–Crippen LogP) is 4.27. The van der Waals surface area contributed by atoms with Crippen molar-refractivity contribution in [3.63, 3.8) is 0 Å². The number of hydrogen-bond acceptors (Lipinski definition) is 2. The lowest BCUT2D eigenvalue weighted by Gasteiger charge is -2.35. The van der Waals surface area contributed by atoms with Crippen LogP contribution in [0.5, 0.6) is 0 Å². The van der Waals surface area contributed by atoms with Crippen molar-refractivity contribution in [3.05, 3.63) is 22.4 Å². The number of hydrogen-bond donors (Lipinski definition) is 2. The lowest BCUT2D eigenvalue weighted by Crippen LogP contribution is -2.45. The first-order valence-corrected chi connectivity index (χ1v) is 8.41. The van der Waals surface area contributed by atoms with Gasteiger partial charge in [0.25, 0.3) is 0 Å². The minimum absolute atomic E-state index is 0. The maximum Gasteiger partial charge on any atom is 0.189 e. The van der Waals surface area contributed by atoms with Crippen LogP contribution >= 0.6 is 35.3 Å². The van der Waals surface area contributed by atoms with Gasteiger partial charge in [-0.2, -0.15) is 0 Å². The Balaban J connectivity index is 0.00000220. The smallest absolute Gasteiger partial charge is 0.189 e. The van der Waals surface area contributed by atoms with Crippen molar-refractivity contribution in [1.29, 1.82) is 0 Å². The number of thiophene rings is 1. The lowest BCUT2D eigenvalue weighted by atomic mass is 9.73. The normalized spacial score (nSPS) is 18.9. The van der Waals surface area contributed by atoms with Gasteiger partial charge in [-0.25, -0.2) is 0 Å². The molecule has 0 amide bonds. The fraction of sp³-hybridized carbons (Fsp3) is 0.688. The van der Waals surface area contributed by atoms with Gasteiger partial charge in [-0.15, -0.1) is 35.3 Å². The summed E-state index contributed by atoms with van der Waals surface area (Å²) in [6.07, 6.45) is 6.44. The zero-order valence-electron chi connectivity index (χ0n) is 13.3. The average molecular weight is 421 g/mol. The molecule has 2 rings (SSSR count). The monoisotopic (exact) mass is 421 g/mol. The Labute approximate surface area is 149 Å². The van der Waals surface area contributed by atoms with E-state index in [2.05, 4.69) is 48.6 Å². The van der Waals surface area contributed by atoms with Crippen LogP contribution in [0.4, 0.5) is 0 Å². The Morgan fingerprint density at radius 2 is 2.00 bits per heavy atom. The number of aliphatic imine (C=N–C) groups is 1. The highest BCUT2D eigenvalue weighted by atomic mass is 127. The standard InChI is InChI=1S/C16H27N3S.HI/c1-15(2,3)19-14(17)18-12-16(9-5-4-6-10-16)13-8-7-11-20-13;/h7-8,11H,4-6,9-10,12H2,1-3H3,(H3,17,18,19);1H. The van der Waals surface area contributed by atoms with E-state index in [1.54, 1.807) is 0 Å². The molecule has 0 unspecified atom stereocenters. The molecular formula is C16H28IN3S. The van der Waals surface area contributed by atoms with Gasteiger partial charge < -0.3 is 11.1 Å². The van der Waals surface area contributed by atoms with Crippen LogP contribution < -0.4 is 11.1 Å². The average Bonchev–Trinajstić information content (AvgIpc) is 2.90. The molecule has 5 heteroatoms. The second-order valence-electron chi connectivity index (χ2n) is 6.89. The molecule has 1 aliphatic rings. The summed E-state index contributed by atoms with van der Waals surface area (Å²) in [5, 5.41) is 5.43. The highest BCUT2D eigenvalue weighted by Crippen LogP contribution is 2.41. The van der Waals surface area contributed by atoms with E-state index in [1.807, 2.05) is 11.3 Å². The minimum atomic E-state index is -0.0315. The van der Waals surface area contributed by atoms with Gasteiger partial charge in [0.1, 0.15) is 0 Å². The predicted molar refractivity (Wildman–Crippen MR) is 104 cm³/mol. The summed E-state index contributed by atoms with van der Waals surface area (Å²) in [5.41, 5.74) is 6.22. The van der Waals surface area contributed by atoms with Gasteiger partial charge in [-0.3, -0.25) is 4.99 Å². The number of nitrogens with zero attached hydrogens (tertiary/aromatic N) is 1. The molecule has 0 spiro atoms. The molecular weight excluding hydrogens is 393 g/mol. The number of guanidine groups is 1. The molecule has 0 radical (unpaired) electrons. The molecule has 0 aliphatic heterocycles. The summed E-state index contributed by atoms with van der Waals surface area (Å²) in [5.74, 6) is 0.569. The molecule has 0 atom stereocenters. The SMILES string of the molecule is CC(C)(C)NC(N)=NCC1(c2cccs2)CCCCC1.I. The summed E-state index contributed by atoms with van der Waals surface area (Å²) >= 11 is 1.86. The van der Waals surface area contributed by atoms with Crippen LogP contribution in [-0.2, 0) is 5.41 Å². The van der Waals surface area contributed by atoms with Crippen LogP contribution in [0.2, 0.25) is 0 Å². The topological polar surface area (TPSA) is 50.4 Å². The van der Waals surface area contributed by atoms with Crippen LogP contribution in [-0.4, -0.2) is 18.0 Å². The summed E-state index contributed by atoms with van der Waals surface area (Å²) in [7, 11) is 0. The number of nitrogens with two attached hydrogens (primary N) is 1. The number of nitrogens with one attached hydrogen (secondary N) is 1. The quantitative estimate of drug-likeness (QED) is 0.435. The first-order chi connectivity index (χ1) is 9.41. The van der Waals surface area contributed by atoms with Gasteiger partial charge >= 0.3 is 0 Å². The molecule has 1 aromatic heterocycles. The van der Waals surface area contributed by atoms with Crippen LogP contribution in [0.25, 0.3) is 0 Å². The van der Waals surface area contributed by atoms with E-state index in [0.717, 1.165) is 6.54 Å². The van der Waals surface area contributed by atoms with Crippen molar-refractivity contribution in [2.24, 2.45) is 10.7 Å². The Kier molecular flexibility index (Phi) is 6.97. The van der Waals surface area contributed by atoms with Crippen molar-refractivity contribution in [2.45, 2.75) is 63.8 Å². The Morgan fingerprint density at radius 3 is 2.52 bits per heavy atom. The second-order valence-corrected chi connectivity index (χ2v) is 7.84. The first kappa shape index (κ1) is 18.7.